The normalized spacial score (nSPS) is 22.7. The van der Waals surface area contributed by atoms with Gasteiger partial charge in [0.1, 0.15) is 5.97 Å². The molecule has 1 aliphatic carbocycles. The molecule has 4 N–H and O–H groups in total. The van der Waals surface area contributed by atoms with E-state index >= 15 is 0 Å². The summed E-state index contributed by atoms with van der Waals surface area (Å²) in [6, 6.07) is 0.00833. The van der Waals surface area contributed by atoms with Gasteiger partial charge in [0.15, 0.2) is 10.3 Å². The number of hydrogen-bond acceptors (Lipinski definition) is 5. The van der Waals surface area contributed by atoms with E-state index in [0.717, 1.165) is 20.2 Å². The first-order chi connectivity index (χ1) is 11.0. The van der Waals surface area contributed by atoms with Crippen LogP contribution in [0.5, 0.6) is 0 Å². The number of carbonyl (C=O) groups excluding carboxylic acids is 2. The Balaban J connectivity index is 0.000000256. The maximum Gasteiger partial charge on any atom is 0.430 e. The molecule has 24 heavy (non-hydrogen) atoms. The SMILES string of the molecule is CN1C=CC2=C(Br)[NH2+]C3=C2C1C(Br)=C(N)C3=O.O=C([O-])C(F)(F)F. The molecule has 0 aromatic carbocycles. The van der Waals surface area contributed by atoms with Crippen LogP contribution in [0.3, 0.4) is 0 Å². The van der Waals surface area contributed by atoms with Crippen molar-refractivity contribution in [2.24, 2.45) is 5.73 Å². The number of aliphatic carboxylic acids is 1. The lowest BCUT2D eigenvalue weighted by molar-refractivity contribution is -0.531. The third-order valence-electron chi connectivity index (χ3n) is 3.48. The van der Waals surface area contributed by atoms with Crippen molar-refractivity contribution in [3.63, 3.8) is 0 Å². The van der Waals surface area contributed by atoms with Crippen molar-refractivity contribution in [1.82, 2.24) is 4.90 Å². The largest absolute Gasteiger partial charge is 0.542 e. The molecule has 3 aliphatic rings. The molecule has 0 spiro atoms. The molecule has 0 saturated heterocycles. The highest BCUT2D eigenvalue weighted by Gasteiger charge is 2.45. The van der Waals surface area contributed by atoms with Gasteiger partial charge in [-0.25, -0.2) is 0 Å². The fourth-order valence-corrected chi connectivity index (χ4v) is 3.70. The summed E-state index contributed by atoms with van der Waals surface area (Å²) in [7, 11) is 1.97. The van der Waals surface area contributed by atoms with Crippen LogP contribution >= 0.6 is 31.9 Å². The summed E-state index contributed by atoms with van der Waals surface area (Å²) >= 11 is 6.94. The fourth-order valence-electron chi connectivity index (χ4n) is 2.40. The number of alkyl halides is 3. The second-order valence-electron chi connectivity index (χ2n) is 4.99. The Bertz CT molecular complexity index is 753. The molecule has 0 fully saturated rings. The smallest absolute Gasteiger partial charge is 0.430 e. The van der Waals surface area contributed by atoms with E-state index in [4.69, 9.17) is 15.6 Å². The number of nitrogens with two attached hydrogens (primary N) is 2. The minimum atomic E-state index is -5.19. The zero-order chi connectivity index (χ0) is 18.4. The fraction of sp³-hybridized carbons (Fsp3) is 0.231. The molecule has 0 saturated carbocycles. The number of allylic oxidation sites excluding steroid dienone is 1. The number of carboxylic acids is 1. The lowest BCUT2D eigenvalue weighted by Gasteiger charge is -2.33. The van der Waals surface area contributed by atoms with Crippen LogP contribution in [0.2, 0.25) is 0 Å². The average Bonchev–Trinajstić information content (AvgIpc) is 2.81. The molecule has 6 nitrogen and oxygen atoms in total. The minimum Gasteiger partial charge on any atom is -0.542 e. The molecule has 11 heteroatoms. The number of carbonyl (C=O) groups is 2. The number of rotatable bonds is 0. The number of likely N-dealkylation sites (N-methyl/N-ethyl adjacent to an activating group) is 1. The lowest BCUT2D eigenvalue weighted by Crippen LogP contribution is -2.79. The second kappa shape index (κ2) is 6.37. The predicted molar refractivity (Wildman–Crippen MR) is 81.8 cm³/mol. The van der Waals surface area contributed by atoms with Crippen LogP contribution in [0.1, 0.15) is 0 Å². The van der Waals surface area contributed by atoms with Crippen LogP contribution in [-0.2, 0) is 9.59 Å². The Morgan fingerprint density at radius 1 is 1.42 bits per heavy atom. The van der Waals surface area contributed by atoms with Crippen LogP contribution in [0.15, 0.2) is 43.9 Å². The molecule has 0 amide bonds. The summed E-state index contributed by atoms with van der Waals surface area (Å²) in [5.41, 5.74) is 8.97. The highest BCUT2D eigenvalue weighted by atomic mass is 79.9. The van der Waals surface area contributed by atoms with Crippen molar-refractivity contribution in [2.75, 3.05) is 7.05 Å². The number of quaternary nitrogens is 1. The summed E-state index contributed by atoms with van der Waals surface area (Å²) in [4.78, 5) is 22.9. The molecule has 0 aromatic heterocycles. The molecule has 2 aliphatic heterocycles. The van der Waals surface area contributed by atoms with Gasteiger partial charge in [0.2, 0.25) is 0 Å². The molecule has 2 heterocycles. The summed E-state index contributed by atoms with van der Waals surface area (Å²) in [5.74, 6) is -3.11. The van der Waals surface area contributed by atoms with Crippen LogP contribution in [0.4, 0.5) is 13.2 Å². The first-order valence-electron chi connectivity index (χ1n) is 6.34. The van der Waals surface area contributed by atoms with Gasteiger partial charge in [-0.05, 0) is 6.08 Å². The minimum absolute atomic E-state index is 0.00833. The quantitative estimate of drug-likeness (QED) is 0.471. The van der Waals surface area contributed by atoms with Crippen LogP contribution in [0.25, 0.3) is 0 Å². The van der Waals surface area contributed by atoms with Crippen LogP contribution < -0.4 is 16.2 Å². The van der Waals surface area contributed by atoms with E-state index in [2.05, 4.69) is 31.9 Å². The number of carboxylic acid groups (broad SMARTS) is 1. The first-order valence-corrected chi connectivity index (χ1v) is 7.92. The highest BCUT2D eigenvalue weighted by molar-refractivity contribution is 9.12. The van der Waals surface area contributed by atoms with Crippen molar-refractivity contribution < 1.29 is 33.2 Å². The molecule has 0 aromatic rings. The molecule has 3 rings (SSSR count). The third kappa shape index (κ3) is 3.15. The summed E-state index contributed by atoms with van der Waals surface area (Å²) in [6.45, 7) is 0. The number of halogens is 5. The highest BCUT2D eigenvalue weighted by Crippen LogP contribution is 2.40. The van der Waals surface area contributed by atoms with E-state index in [1.165, 1.54) is 0 Å². The van der Waals surface area contributed by atoms with Crippen molar-refractivity contribution in [3.05, 3.63) is 43.9 Å². The summed E-state index contributed by atoms with van der Waals surface area (Å²) in [6.07, 6.45) is -1.19. The van der Waals surface area contributed by atoms with Gasteiger partial charge in [-0.15, -0.1) is 0 Å². The molecular formula is C13H10Br2F3N3O3. The van der Waals surface area contributed by atoms with Crippen LogP contribution in [0, 0.1) is 0 Å². The van der Waals surface area contributed by atoms with E-state index in [1.807, 2.05) is 29.5 Å². The van der Waals surface area contributed by atoms with Crippen molar-refractivity contribution >= 4 is 43.6 Å². The van der Waals surface area contributed by atoms with E-state index < -0.39 is 12.1 Å². The van der Waals surface area contributed by atoms with E-state index in [-0.39, 0.29) is 11.8 Å². The summed E-state index contributed by atoms with van der Waals surface area (Å²) < 4.78 is 33.2. The van der Waals surface area contributed by atoms with Crippen molar-refractivity contribution in [2.45, 2.75) is 12.2 Å². The van der Waals surface area contributed by atoms with E-state index in [9.17, 15) is 18.0 Å². The Kier molecular flexibility index (Phi) is 4.98. The van der Waals surface area contributed by atoms with Crippen molar-refractivity contribution in [3.8, 4) is 0 Å². The van der Waals surface area contributed by atoms with Gasteiger partial charge >= 0.3 is 6.18 Å². The van der Waals surface area contributed by atoms with E-state index in [0.29, 0.717) is 11.4 Å². The van der Waals surface area contributed by atoms with Gasteiger partial charge in [-0.2, -0.15) is 13.2 Å². The van der Waals surface area contributed by atoms with Gasteiger partial charge in [-0.1, -0.05) is 15.9 Å². The average molecular weight is 473 g/mol. The van der Waals surface area contributed by atoms with Gasteiger partial charge in [0, 0.05) is 33.7 Å². The second-order valence-corrected chi connectivity index (χ2v) is 6.70. The van der Waals surface area contributed by atoms with Crippen molar-refractivity contribution in [1.29, 1.82) is 0 Å². The number of ketones is 1. The molecule has 0 bridgehead atoms. The van der Waals surface area contributed by atoms with Crippen LogP contribution in [-0.4, -0.2) is 35.9 Å². The zero-order valence-corrected chi connectivity index (χ0v) is 15.1. The molecule has 1 unspecified atom stereocenters. The summed E-state index contributed by atoms with van der Waals surface area (Å²) in [5, 5.41) is 10.6. The van der Waals surface area contributed by atoms with Gasteiger partial charge in [-0.3, -0.25) is 10.1 Å². The Morgan fingerprint density at radius 2 is 1.96 bits per heavy atom. The van der Waals surface area contributed by atoms with Gasteiger partial charge in [0.05, 0.1) is 22.9 Å². The Hall–Kier alpha value is -1.59. The van der Waals surface area contributed by atoms with Gasteiger partial charge in [0.25, 0.3) is 5.78 Å². The Labute approximate surface area is 150 Å². The Morgan fingerprint density at radius 3 is 2.46 bits per heavy atom. The molecular weight excluding hydrogens is 463 g/mol. The third-order valence-corrected chi connectivity index (χ3v) is 5.00. The lowest BCUT2D eigenvalue weighted by atomic mass is 9.88. The standard InChI is InChI=1S/C11H9Br2N3O.C2HF3O2/c1-16-3-2-4-5-8(15-11(4)13)10(17)7(14)6(12)9(5)16;3-2(4,5)1(6)7/h2-3,9,15H,14H2,1H3;(H,6,7). The molecule has 1 atom stereocenters. The topological polar surface area (TPSA) is 103 Å². The number of nitrogens with zero attached hydrogens (tertiary/aromatic N) is 1. The zero-order valence-electron chi connectivity index (χ0n) is 11.9. The molecule has 130 valence electrons. The van der Waals surface area contributed by atoms with E-state index in [1.54, 1.807) is 0 Å². The number of hydrogen-bond donors (Lipinski definition) is 2. The van der Waals surface area contributed by atoms with Gasteiger partial charge < -0.3 is 20.5 Å². The maximum absolute atomic E-state index is 12.1. The first kappa shape index (κ1) is 18.7. The number of Topliss-reactive ketones (excluding diaryl/α,β-unsaturated/α-hetero) is 1. The molecule has 0 radical (unpaired) electrons. The predicted octanol–water partition coefficient (Wildman–Crippen LogP) is -0.302. The monoisotopic (exact) mass is 471 g/mol. The maximum atomic E-state index is 12.1.